The van der Waals surface area contributed by atoms with E-state index in [9.17, 15) is 8.42 Å². The summed E-state index contributed by atoms with van der Waals surface area (Å²) in [6, 6.07) is 0. The highest BCUT2D eigenvalue weighted by molar-refractivity contribution is 7.89. The molecule has 5 nitrogen and oxygen atoms in total. The number of nitrogens with two attached hydrogens (primary N) is 1. The standard InChI is InChI=1S/C11H27N3O2S/c1-4-13(5-2)9-7-10-14(6-3)17(15,16)11-8-12/h4-12H2,1-3H3. The summed E-state index contributed by atoms with van der Waals surface area (Å²) in [7, 11) is -3.14. The van der Waals surface area contributed by atoms with E-state index in [1.165, 1.54) is 4.31 Å². The Balaban J connectivity index is 4.15. The molecule has 0 aliphatic heterocycles. The summed E-state index contributed by atoms with van der Waals surface area (Å²) in [6.45, 7) is 10.4. The Hall–Kier alpha value is -0.170. The Morgan fingerprint density at radius 2 is 1.59 bits per heavy atom. The van der Waals surface area contributed by atoms with Gasteiger partial charge in [0.2, 0.25) is 10.0 Å². The highest BCUT2D eigenvalue weighted by atomic mass is 32.2. The Labute approximate surface area is 106 Å². The van der Waals surface area contributed by atoms with E-state index in [1.54, 1.807) is 0 Å². The first-order valence-electron chi connectivity index (χ1n) is 6.42. The topological polar surface area (TPSA) is 66.6 Å². The molecule has 0 radical (unpaired) electrons. The van der Waals surface area contributed by atoms with Crippen LogP contribution in [0.3, 0.4) is 0 Å². The second-order valence-electron chi connectivity index (χ2n) is 3.98. The molecule has 0 saturated carbocycles. The third kappa shape index (κ3) is 6.35. The first kappa shape index (κ1) is 16.8. The summed E-state index contributed by atoms with van der Waals surface area (Å²) < 4.78 is 25.1. The number of hydrogen-bond donors (Lipinski definition) is 1. The fraction of sp³-hybridized carbons (Fsp3) is 1.00. The third-order valence-corrected chi connectivity index (χ3v) is 4.88. The van der Waals surface area contributed by atoms with E-state index < -0.39 is 10.0 Å². The molecule has 0 aromatic rings. The maximum Gasteiger partial charge on any atom is 0.215 e. The van der Waals surface area contributed by atoms with E-state index in [-0.39, 0.29) is 12.3 Å². The minimum Gasteiger partial charge on any atom is -0.329 e. The maximum atomic E-state index is 11.8. The zero-order valence-electron chi connectivity index (χ0n) is 11.4. The Bertz CT molecular complexity index is 276. The normalized spacial score (nSPS) is 12.6. The second kappa shape index (κ2) is 8.85. The van der Waals surface area contributed by atoms with E-state index in [0.29, 0.717) is 13.1 Å². The molecule has 0 aromatic carbocycles. The van der Waals surface area contributed by atoms with Crippen molar-refractivity contribution >= 4 is 10.0 Å². The van der Waals surface area contributed by atoms with Crippen molar-refractivity contribution in [3.05, 3.63) is 0 Å². The van der Waals surface area contributed by atoms with Crippen LogP contribution in [0.5, 0.6) is 0 Å². The first-order chi connectivity index (χ1) is 8.01. The highest BCUT2D eigenvalue weighted by Gasteiger charge is 2.18. The van der Waals surface area contributed by atoms with Crippen LogP contribution in [-0.4, -0.2) is 62.6 Å². The number of rotatable bonds is 10. The highest BCUT2D eigenvalue weighted by Crippen LogP contribution is 2.03. The van der Waals surface area contributed by atoms with E-state index in [1.807, 2.05) is 6.92 Å². The molecule has 104 valence electrons. The van der Waals surface area contributed by atoms with Crippen LogP contribution in [-0.2, 0) is 10.0 Å². The van der Waals surface area contributed by atoms with Crippen molar-refractivity contribution in [2.45, 2.75) is 27.2 Å². The van der Waals surface area contributed by atoms with Gasteiger partial charge >= 0.3 is 0 Å². The minimum atomic E-state index is -3.14. The Kier molecular flexibility index (Phi) is 8.77. The Morgan fingerprint density at radius 3 is 2.00 bits per heavy atom. The molecule has 0 heterocycles. The lowest BCUT2D eigenvalue weighted by molar-refractivity contribution is 0.285. The predicted octanol–water partition coefficient (Wildman–Crippen LogP) is 0.329. The van der Waals surface area contributed by atoms with Crippen molar-refractivity contribution in [1.29, 1.82) is 0 Å². The molecule has 0 fully saturated rings. The van der Waals surface area contributed by atoms with Crippen LogP contribution in [0.25, 0.3) is 0 Å². The lowest BCUT2D eigenvalue weighted by Gasteiger charge is -2.23. The van der Waals surface area contributed by atoms with Crippen LogP contribution < -0.4 is 5.73 Å². The van der Waals surface area contributed by atoms with Gasteiger partial charge in [0.25, 0.3) is 0 Å². The molecule has 0 amide bonds. The summed E-state index contributed by atoms with van der Waals surface area (Å²) in [5, 5.41) is 0. The summed E-state index contributed by atoms with van der Waals surface area (Å²) in [4.78, 5) is 2.30. The van der Waals surface area contributed by atoms with Gasteiger partial charge in [-0.1, -0.05) is 20.8 Å². The van der Waals surface area contributed by atoms with Gasteiger partial charge in [-0.25, -0.2) is 12.7 Å². The average molecular weight is 265 g/mol. The fourth-order valence-electron chi connectivity index (χ4n) is 1.78. The first-order valence-corrected chi connectivity index (χ1v) is 8.02. The van der Waals surface area contributed by atoms with Crippen molar-refractivity contribution in [2.24, 2.45) is 5.73 Å². The average Bonchev–Trinajstić information content (AvgIpc) is 2.29. The van der Waals surface area contributed by atoms with Gasteiger partial charge < -0.3 is 10.6 Å². The summed E-state index contributed by atoms with van der Waals surface area (Å²) in [5.41, 5.74) is 5.31. The van der Waals surface area contributed by atoms with Gasteiger partial charge in [0.15, 0.2) is 0 Å². The summed E-state index contributed by atoms with van der Waals surface area (Å²) in [6.07, 6.45) is 0.874. The van der Waals surface area contributed by atoms with Crippen LogP contribution in [0.1, 0.15) is 27.2 Å². The molecular formula is C11H27N3O2S. The van der Waals surface area contributed by atoms with Crippen molar-refractivity contribution in [1.82, 2.24) is 9.21 Å². The summed E-state index contributed by atoms with van der Waals surface area (Å²) in [5.74, 6) is 0.0477. The van der Waals surface area contributed by atoms with Crippen molar-refractivity contribution < 1.29 is 8.42 Å². The number of sulfonamides is 1. The van der Waals surface area contributed by atoms with Crippen molar-refractivity contribution in [2.75, 3.05) is 45.0 Å². The monoisotopic (exact) mass is 265 g/mol. The van der Waals surface area contributed by atoms with Gasteiger partial charge in [0.1, 0.15) is 0 Å². The molecular weight excluding hydrogens is 238 g/mol. The van der Waals surface area contributed by atoms with Gasteiger partial charge in [-0.3, -0.25) is 0 Å². The molecule has 0 bridgehead atoms. The minimum absolute atomic E-state index is 0.0477. The molecule has 0 unspecified atom stereocenters. The van der Waals surface area contributed by atoms with Gasteiger partial charge in [0, 0.05) is 19.6 Å². The number of hydrogen-bond acceptors (Lipinski definition) is 4. The predicted molar refractivity (Wildman–Crippen MR) is 72.5 cm³/mol. The fourth-order valence-corrected chi connectivity index (χ4v) is 3.14. The largest absolute Gasteiger partial charge is 0.329 e. The molecule has 0 aromatic heterocycles. The van der Waals surface area contributed by atoms with E-state index in [4.69, 9.17) is 5.73 Å². The molecule has 0 saturated heterocycles. The van der Waals surface area contributed by atoms with Crippen molar-refractivity contribution in [3.8, 4) is 0 Å². The van der Waals surface area contributed by atoms with Gasteiger partial charge in [-0.15, -0.1) is 0 Å². The zero-order chi connectivity index (χ0) is 13.3. The molecule has 0 aliphatic rings. The van der Waals surface area contributed by atoms with E-state index in [2.05, 4.69) is 18.7 Å². The van der Waals surface area contributed by atoms with Crippen LogP contribution in [0.2, 0.25) is 0 Å². The van der Waals surface area contributed by atoms with Crippen LogP contribution in [0, 0.1) is 0 Å². The molecule has 0 spiro atoms. The van der Waals surface area contributed by atoms with Crippen LogP contribution in [0.15, 0.2) is 0 Å². The summed E-state index contributed by atoms with van der Waals surface area (Å²) >= 11 is 0. The van der Waals surface area contributed by atoms with Gasteiger partial charge in [-0.2, -0.15) is 0 Å². The quantitative estimate of drug-likeness (QED) is 0.618. The smallest absolute Gasteiger partial charge is 0.215 e. The van der Waals surface area contributed by atoms with E-state index in [0.717, 1.165) is 26.1 Å². The maximum absolute atomic E-state index is 11.8. The lowest BCUT2D eigenvalue weighted by atomic mass is 10.3. The van der Waals surface area contributed by atoms with Gasteiger partial charge in [0.05, 0.1) is 5.75 Å². The van der Waals surface area contributed by atoms with Crippen molar-refractivity contribution in [3.63, 3.8) is 0 Å². The molecule has 0 aliphatic carbocycles. The molecule has 0 atom stereocenters. The molecule has 2 N–H and O–H groups in total. The third-order valence-electron chi connectivity index (χ3n) is 2.90. The Morgan fingerprint density at radius 1 is 1.00 bits per heavy atom. The number of nitrogens with zero attached hydrogens (tertiary/aromatic N) is 2. The molecule has 6 heteroatoms. The van der Waals surface area contributed by atoms with Crippen LogP contribution >= 0.6 is 0 Å². The SMILES string of the molecule is CCN(CC)CCCN(CC)S(=O)(=O)CCN. The molecule has 17 heavy (non-hydrogen) atoms. The van der Waals surface area contributed by atoms with Crippen LogP contribution in [0.4, 0.5) is 0 Å². The van der Waals surface area contributed by atoms with Gasteiger partial charge in [-0.05, 0) is 26.1 Å². The van der Waals surface area contributed by atoms with E-state index >= 15 is 0 Å². The second-order valence-corrected chi connectivity index (χ2v) is 6.07. The zero-order valence-corrected chi connectivity index (χ0v) is 12.2. The lowest BCUT2D eigenvalue weighted by Crippen LogP contribution is -2.37. The molecule has 0 rings (SSSR count).